The minimum atomic E-state index is -0.520. The molecule has 1 aliphatic rings. The van der Waals surface area contributed by atoms with E-state index in [0.29, 0.717) is 6.54 Å². The Labute approximate surface area is 111 Å². The maximum absolute atomic E-state index is 12.1. The van der Waals surface area contributed by atoms with Gasteiger partial charge in [-0.25, -0.2) is 0 Å². The van der Waals surface area contributed by atoms with Gasteiger partial charge < -0.3 is 10.6 Å². The molecule has 6 heteroatoms. The highest BCUT2D eigenvalue weighted by atomic mass is 16.6. The van der Waals surface area contributed by atoms with Crippen LogP contribution in [-0.2, 0) is 0 Å². The van der Waals surface area contributed by atoms with Crippen LogP contribution >= 0.6 is 0 Å². The number of piperidine rings is 1. The molecule has 1 aromatic carbocycles. The Kier molecular flexibility index (Phi) is 4.11. The molecule has 102 valence electrons. The first kappa shape index (κ1) is 13.5. The zero-order chi connectivity index (χ0) is 13.8. The van der Waals surface area contributed by atoms with E-state index in [1.165, 1.54) is 6.07 Å². The second kappa shape index (κ2) is 5.79. The Morgan fingerprint density at radius 3 is 2.95 bits per heavy atom. The molecular formula is C13H17N3O3. The highest BCUT2D eigenvalue weighted by Crippen LogP contribution is 2.20. The van der Waals surface area contributed by atoms with Crippen LogP contribution in [0.4, 0.5) is 5.69 Å². The molecule has 0 bridgehead atoms. The molecule has 1 unspecified atom stereocenters. The SMILES string of the molecule is Cc1ccc([N+](=O)[O-])c(C(=O)NC2CCCNC2)c1. The van der Waals surface area contributed by atoms with Gasteiger partial charge in [-0.15, -0.1) is 0 Å². The Bertz CT molecular complexity index is 496. The number of nitrogens with one attached hydrogen (secondary N) is 2. The van der Waals surface area contributed by atoms with Crippen LogP contribution in [0.15, 0.2) is 18.2 Å². The smallest absolute Gasteiger partial charge is 0.282 e. The van der Waals surface area contributed by atoms with Crippen molar-refractivity contribution >= 4 is 11.6 Å². The fourth-order valence-corrected chi connectivity index (χ4v) is 2.23. The van der Waals surface area contributed by atoms with E-state index in [9.17, 15) is 14.9 Å². The number of nitrogens with zero attached hydrogens (tertiary/aromatic N) is 1. The van der Waals surface area contributed by atoms with Crippen LogP contribution in [0.25, 0.3) is 0 Å². The van der Waals surface area contributed by atoms with Crippen molar-refractivity contribution in [3.8, 4) is 0 Å². The lowest BCUT2D eigenvalue weighted by atomic mass is 10.1. The molecular weight excluding hydrogens is 246 g/mol. The van der Waals surface area contributed by atoms with Crippen LogP contribution in [0, 0.1) is 17.0 Å². The van der Waals surface area contributed by atoms with E-state index in [0.717, 1.165) is 24.9 Å². The molecule has 1 aromatic rings. The van der Waals surface area contributed by atoms with Crippen LogP contribution < -0.4 is 10.6 Å². The summed E-state index contributed by atoms with van der Waals surface area (Å²) in [5, 5.41) is 17.0. The average Bonchev–Trinajstić information content (AvgIpc) is 2.39. The third kappa shape index (κ3) is 3.29. The Morgan fingerprint density at radius 1 is 1.53 bits per heavy atom. The Hall–Kier alpha value is -1.95. The number of nitro benzene ring substituents is 1. The lowest BCUT2D eigenvalue weighted by Gasteiger charge is -2.23. The quantitative estimate of drug-likeness (QED) is 0.637. The molecule has 0 aromatic heterocycles. The van der Waals surface area contributed by atoms with Crippen molar-refractivity contribution in [2.45, 2.75) is 25.8 Å². The zero-order valence-electron chi connectivity index (χ0n) is 10.8. The first-order valence-corrected chi connectivity index (χ1v) is 6.34. The number of aryl methyl sites for hydroxylation is 1. The molecule has 19 heavy (non-hydrogen) atoms. The Balaban J connectivity index is 2.17. The zero-order valence-corrected chi connectivity index (χ0v) is 10.8. The summed E-state index contributed by atoms with van der Waals surface area (Å²) in [6.07, 6.45) is 1.90. The molecule has 6 nitrogen and oxygen atoms in total. The van der Waals surface area contributed by atoms with Crippen LogP contribution in [0.3, 0.4) is 0 Å². The van der Waals surface area contributed by atoms with Crippen LogP contribution in [0.1, 0.15) is 28.8 Å². The molecule has 1 atom stereocenters. The molecule has 1 heterocycles. The number of carbonyl (C=O) groups excluding carboxylic acids is 1. The van der Waals surface area contributed by atoms with Gasteiger partial charge in [-0.2, -0.15) is 0 Å². The van der Waals surface area contributed by atoms with Gasteiger partial charge >= 0.3 is 0 Å². The van der Waals surface area contributed by atoms with Gasteiger partial charge in [0.25, 0.3) is 11.6 Å². The van der Waals surface area contributed by atoms with Gasteiger partial charge in [-0.3, -0.25) is 14.9 Å². The first-order chi connectivity index (χ1) is 9.08. The minimum absolute atomic E-state index is 0.0429. The molecule has 0 saturated carbocycles. The van der Waals surface area contributed by atoms with Gasteiger partial charge in [0, 0.05) is 18.7 Å². The summed E-state index contributed by atoms with van der Waals surface area (Å²) in [5.41, 5.74) is 0.819. The van der Waals surface area contributed by atoms with Crippen molar-refractivity contribution in [2.24, 2.45) is 0 Å². The largest absolute Gasteiger partial charge is 0.348 e. The van der Waals surface area contributed by atoms with Gasteiger partial charge in [0.2, 0.25) is 0 Å². The molecule has 0 radical (unpaired) electrons. The molecule has 1 fully saturated rings. The monoisotopic (exact) mass is 263 g/mol. The molecule has 2 N–H and O–H groups in total. The summed E-state index contributed by atoms with van der Waals surface area (Å²) >= 11 is 0. The molecule has 2 rings (SSSR count). The summed E-state index contributed by atoms with van der Waals surface area (Å²) in [5.74, 6) is -0.371. The number of rotatable bonds is 3. The first-order valence-electron chi connectivity index (χ1n) is 6.34. The van der Waals surface area contributed by atoms with E-state index in [4.69, 9.17) is 0 Å². The fourth-order valence-electron chi connectivity index (χ4n) is 2.23. The van der Waals surface area contributed by atoms with Crippen molar-refractivity contribution in [3.05, 3.63) is 39.4 Å². The summed E-state index contributed by atoms with van der Waals surface area (Å²) in [6, 6.07) is 4.62. The number of carbonyl (C=O) groups is 1. The summed E-state index contributed by atoms with van der Waals surface area (Å²) in [4.78, 5) is 22.6. The third-order valence-electron chi connectivity index (χ3n) is 3.23. The minimum Gasteiger partial charge on any atom is -0.348 e. The average molecular weight is 263 g/mol. The predicted molar refractivity (Wildman–Crippen MR) is 71.2 cm³/mol. The van der Waals surface area contributed by atoms with Crippen LogP contribution in [0.2, 0.25) is 0 Å². The standard InChI is InChI=1S/C13H17N3O3/c1-9-4-5-12(16(18)19)11(7-9)13(17)15-10-3-2-6-14-8-10/h4-5,7,10,14H,2-3,6,8H2,1H3,(H,15,17). The van der Waals surface area contributed by atoms with E-state index < -0.39 is 4.92 Å². The van der Waals surface area contributed by atoms with Gasteiger partial charge in [0.15, 0.2) is 0 Å². The third-order valence-corrected chi connectivity index (χ3v) is 3.23. The van der Waals surface area contributed by atoms with Gasteiger partial charge in [0.1, 0.15) is 5.56 Å². The second-order valence-corrected chi connectivity index (χ2v) is 4.79. The molecule has 1 saturated heterocycles. The molecule has 0 spiro atoms. The summed E-state index contributed by atoms with van der Waals surface area (Å²) < 4.78 is 0. The Morgan fingerprint density at radius 2 is 2.32 bits per heavy atom. The molecule has 0 aliphatic carbocycles. The summed E-state index contributed by atoms with van der Waals surface area (Å²) in [7, 11) is 0. The molecule has 1 aliphatic heterocycles. The van der Waals surface area contributed by atoms with E-state index in [1.807, 2.05) is 6.92 Å². The van der Waals surface area contributed by atoms with E-state index >= 15 is 0 Å². The lowest BCUT2D eigenvalue weighted by molar-refractivity contribution is -0.385. The number of nitro groups is 1. The van der Waals surface area contributed by atoms with Crippen molar-refractivity contribution in [1.82, 2.24) is 10.6 Å². The van der Waals surface area contributed by atoms with E-state index in [2.05, 4.69) is 10.6 Å². The van der Waals surface area contributed by atoms with Crippen LogP contribution in [-0.4, -0.2) is 30.0 Å². The van der Waals surface area contributed by atoms with E-state index in [1.54, 1.807) is 12.1 Å². The van der Waals surface area contributed by atoms with Gasteiger partial charge in [-0.05, 0) is 37.9 Å². The predicted octanol–water partition coefficient (Wildman–Crippen LogP) is 1.39. The highest BCUT2D eigenvalue weighted by Gasteiger charge is 2.23. The fraction of sp³-hybridized carbons (Fsp3) is 0.462. The number of amides is 1. The van der Waals surface area contributed by atoms with Crippen molar-refractivity contribution in [2.75, 3.05) is 13.1 Å². The van der Waals surface area contributed by atoms with Gasteiger partial charge in [0.05, 0.1) is 4.92 Å². The van der Waals surface area contributed by atoms with Crippen molar-refractivity contribution in [1.29, 1.82) is 0 Å². The van der Waals surface area contributed by atoms with E-state index in [-0.39, 0.29) is 23.2 Å². The normalized spacial score (nSPS) is 18.9. The maximum Gasteiger partial charge on any atom is 0.282 e. The maximum atomic E-state index is 12.1. The molecule has 1 amide bonds. The number of benzene rings is 1. The topological polar surface area (TPSA) is 84.3 Å². The second-order valence-electron chi connectivity index (χ2n) is 4.79. The van der Waals surface area contributed by atoms with Crippen molar-refractivity contribution < 1.29 is 9.72 Å². The number of hydrogen-bond donors (Lipinski definition) is 2. The van der Waals surface area contributed by atoms with Crippen LogP contribution in [0.5, 0.6) is 0 Å². The number of hydrogen-bond acceptors (Lipinski definition) is 4. The highest BCUT2D eigenvalue weighted by molar-refractivity contribution is 5.98. The lowest BCUT2D eigenvalue weighted by Crippen LogP contribution is -2.45. The summed E-state index contributed by atoms with van der Waals surface area (Å²) in [6.45, 7) is 3.48. The van der Waals surface area contributed by atoms with Crippen molar-refractivity contribution in [3.63, 3.8) is 0 Å². The van der Waals surface area contributed by atoms with Gasteiger partial charge in [-0.1, -0.05) is 6.07 Å².